The molecule has 1 aromatic carbocycles. The van der Waals surface area contributed by atoms with Gasteiger partial charge in [0.1, 0.15) is 6.04 Å². The monoisotopic (exact) mass is 314 g/mol. The van der Waals surface area contributed by atoms with Crippen LogP contribution in [-0.4, -0.2) is 27.6 Å². The van der Waals surface area contributed by atoms with Crippen LogP contribution in [0.4, 0.5) is 0 Å². The van der Waals surface area contributed by atoms with Crippen molar-refractivity contribution in [3.05, 3.63) is 36.0 Å². The zero-order valence-electron chi connectivity index (χ0n) is 13.3. The van der Waals surface area contributed by atoms with Crippen molar-refractivity contribution < 1.29 is 14.7 Å². The van der Waals surface area contributed by atoms with Crippen molar-refractivity contribution in [1.82, 2.24) is 9.88 Å². The molecule has 1 amide bonds. The number of aromatic nitrogens is 1. The van der Waals surface area contributed by atoms with Gasteiger partial charge in [0.25, 0.3) is 0 Å². The maximum atomic E-state index is 12.3. The van der Waals surface area contributed by atoms with Crippen molar-refractivity contribution in [2.75, 3.05) is 0 Å². The number of aryl methyl sites for hydroxylation is 1. The minimum absolute atomic E-state index is 0.210. The number of carbonyl (C=O) groups is 2. The highest BCUT2D eigenvalue weighted by atomic mass is 16.4. The first-order valence-electron chi connectivity index (χ1n) is 8.17. The van der Waals surface area contributed by atoms with Gasteiger partial charge in [0.15, 0.2) is 0 Å². The van der Waals surface area contributed by atoms with Crippen LogP contribution in [0.25, 0.3) is 10.9 Å². The van der Waals surface area contributed by atoms with E-state index in [-0.39, 0.29) is 12.3 Å². The van der Waals surface area contributed by atoms with E-state index in [1.54, 1.807) is 0 Å². The molecule has 1 fully saturated rings. The quantitative estimate of drug-likeness (QED) is 0.825. The number of amides is 1. The Bertz CT molecular complexity index is 731. The summed E-state index contributed by atoms with van der Waals surface area (Å²) in [4.78, 5) is 23.6. The van der Waals surface area contributed by atoms with Crippen LogP contribution in [0.5, 0.6) is 0 Å². The molecule has 0 saturated heterocycles. The molecule has 1 unspecified atom stereocenters. The van der Waals surface area contributed by atoms with E-state index in [4.69, 9.17) is 0 Å². The Labute approximate surface area is 135 Å². The number of carboxylic acids is 1. The Kier molecular flexibility index (Phi) is 4.37. The van der Waals surface area contributed by atoms with Crippen molar-refractivity contribution >= 4 is 22.8 Å². The fourth-order valence-electron chi connectivity index (χ4n) is 3.05. The first-order chi connectivity index (χ1) is 11.1. The highest BCUT2D eigenvalue weighted by Crippen LogP contribution is 2.33. The number of nitrogens with zero attached hydrogens (tertiary/aromatic N) is 1. The third kappa shape index (κ3) is 3.55. The molecule has 23 heavy (non-hydrogen) atoms. The highest BCUT2D eigenvalue weighted by molar-refractivity contribution is 5.91. The predicted octanol–water partition coefficient (Wildman–Crippen LogP) is 2.57. The van der Waals surface area contributed by atoms with Crippen molar-refractivity contribution in [3.63, 3.8) is 0 Å². The largest absolute Gasteiger partial charge is 0.480 e. The van der Waals surface area contributed by atoms with Crippen LogP contribution in [0.15, 0.2) is 30.5 Å². The summed E-state index contributed by atoms with van der Waals surface area (Å²) in [6.07, 6.45) is 4.88. The van der Waals surface area contributed by atoms with Crippen LogP contribution in [0.1, 0.15) is 31.7 Å². The van der Waals surface area contributed by atoms with Gasteiger partial charge < -0.3 is 15.0 Å². The number of rotatable bonds is 7. The molecule has 0 bridgehead atoms. The molecule has 5 heteroatoms. The van der Waals surface area contributed by atoms with Gasteiger partial charge in [-0.3, -0.25) is 4.79 Å². The van der Waals surface area contributed by atoms with Crippen LogP contribution in [0, 0.1) is 5.92 Å². The van der Waals surface area contributed by atoms with Gasteiger partial charge in [0, 0.05) is 23.6 Å². The summed E-state index contributed by atoms with van der Waals surface area (Å²) >= 11 is 0. The average molecular weight is 314 g/mol. The number of para-hydroxylation sites is 1. The lowest BCUT2D eigenvalue weighted by atomic mass is 10.1. The van der Waals surface area contributed by atoms with E-state index in [0.717, 1.165) is 35.9 Å². The van der Waals surface area contributed by atoms with E-state index in [9.17, 15) is 14.7 Å². The molecule has 1 saturated carbocycles. The molecule has 122 valence electrons. The number of nitrogens with one attached hydrogen (secondary N) is 1. The topological polar surface area (TPSA) is 71.3 Å². The molecule has 1 aromatic heterocycles. The number of aliphatic carboxylic acids is 1. The summed E-state index contributed by atoms with van der Waals surface area (Å²) in [7, 11) is 0. The lowest BCUT2D eigenvalue weighted by Gasteiger charge is -2.13. The van der Waals surface area contributed by atoms with Gasteiger partial charge >= 0.3 is 5.97 Å². The summed E-state index contributed by atoms with van der Waals surface area (Å²) in [5.41, 5.74) is 2.04. The number of hydrogen-bond acceptors (Lipinski definition) is 2. The number of benzene rings is 1. The molecule has 0 spiro atoms. The molecule has 2 N–H and O–H groups in total. The standard InChI is InChI=1S/C18H22N2O3/c1-2-20-11-13(14-5-3-4-6-16(14)20)10-17(21)19-15(18(22)23)9-12-7-8-12/h3-6,11-12,15H,2,7-10H2,1H3,(H,19,21)(H,22,23). The first-order valence-corrected chi connectivity index (χ1v) is 8.17. The Morgan fingerprint density at radius 2 is 2.09 bits per heavy atom. The molecule has 2 aromatic rings. The third-order valence-corrected chi connectivity index (χ3v) is 4.46. The second-order valence-electron chi connectivity index (χ2n) is 6.27. The zero-order chi connectivity index (χ0) is 16.4. The Balaban J connectivity index is 1.73. The molecular weight excluding hydrogens is 292 g/mol. The van der Waals surface area contributed by atoms with Crippen LogP contribution in [-0.2, 0) is 22.6 Å². The molecule has 1 heterocycles. The second-order valence-corrected chi connectivity index (χ2v) is 6.27. The Morgan fingerprint density at radius 1 is 1.35 bits per heavy atom. The van der Waals surface area contributed by atoms with Crippen molar-refractivity contribution in [1.29, 1.82) is 0 Å². The van der Waals surface area contributed by atoms with E-state index in [1.807, 2.05) is 30.5 Å². The summed E-state index contributed by atoms with van der Waals surface area (Å²) in [6.45, 7) is 2.90. The lowest BCUT2D eigenvalue weighted by Crippen LogP contribution is -2.41. The van der Waals surface area contributed by atoms with Gasteiger partial charge in [-0.05, 0) is 30.9 Å². The summed E-state index contributed by atoms with van der Waals surface area (Å²) in [5, 5.41) is 13.0. The highest BCUT2D eigenvalue weighted by Gasteiger charge is 2.30. The fraction of sp³-hybridized carbons (Fsp3) is 0.444. The van der Waals surface area contributed by atoms with Gasteiger partial charge in [-0.1, -0.05) is 31.0 Å². The number of hydrogen-bond donors (Lipinski definition) is 2. The molecule has 0 aliphatic heterocycles. The smallest absolute Gasteiger partial charge is 0.326 e. The normalized spacial score (nSPS) is 15.5. The molecule has 0 radical (unpaired) electrons. The molecule has 5 nitrogen and oxygen atoms in total. The maximum absolute atomic E-state index is 12.3. The minimum atomic E-state index is -0.943. The van der Waals surface area contributed by atoms with Crippen LogP contribution in [0.3, 0.4) is 0 Å². The van der Waals surface area contributed by atoms with Gasteiger partial charge in [-0.2, -0.15) is 0 Å². The van der Waals surface area contributed by atoms with Gasteiger partial charge in [-0.25, -0.2) is 4.79 Å². The van der Waals surface area contributed by atoms with Gasteiger partial charge in [0.05, 0.1) is 6.42 Å². The van der Waals surface area contributed by atoms with E-state index in [1.165, 1.54) is 0 Å². The Morgan fingerprint density at radius 3 is 2.74 bits per heavy atom. The van der Waals surface area contributed by atoms with Crippen LogP contribution in [0.2, 0.25) is 0 Å². The third-order valence-electron chi connectivity index (χ3n) is 4.46. The lowest BCUT2D eigenvalue weighted by molar-refractivity contribution is -0.142. The van der Waals surface area contributed by atoms with E-state index < -0.39 is 12.0 Å². The van der Waals surface area contributed by atoms with Crippen molar-refractivity contribution in [3.8, 4) is 0 Å². The molecule has 1 aliphatic rings. The average Bonchev–Trinajstić information content (AvgIpc) is 3.28. The van der Waals surface area contributed by atoms with Crippen LogP contribution >= 0.6 is 0 Å². The predicted molar refractivity (Wildman–Crippen MR) is 88.2 cm³/mol. The SMILES string of the molecule is CCn1cc(CC(=O)NC(CC2CC2)C(=O)O)c2ccccc21. The molecular formula is C18H22N2O3. The van der Waals surface area contributed by atoms with Crippen molar-refractivity contribution in [2.24, 2.45) is 5.92 Å². The molecule has 1 atom stereocenters. The van der Waals surface area contributed by atoms with E-state index >= 15 is 0 Å². The second kappa shape index (κ2) is 6.44. The molecule has 3 rings (SSSR count). The number of fused-ring (bicyclic) bond motifs is 1. The van der Waals surface area contributed by atoms with Gasteiger partial charge in [-0.15, -0.1) is 0 Å². The van der Waals surface area contributed by atoms with E-state index in [0.29, 0.717) is 12.3 Å². The maximum Gasteiger partial charge on any atom is 0.326 e. The summed E-state index contributed by atoms with van der Waals surface area (Å²) in [6, 6.07) is 7.20. The minimum Gasteiger partial charge on any atom is -0.480 e. The van der Waals surface area contributed by atoms with E-state index in [2.05, 4.69) is 16.8 Å². The summed E-state index contributed by atoms with van der Waals surface area (Å²) in [5.74, 6) is -0.711. The van der Waals surface area contributed by atoms with Gasteiger partial charge in [0.2, 0.25) is 5.91 Å². The van der Waals surface area contributed by atoms with Crippen LogP contribution < -0.4 is 5.32 Å². The zero-order valence-corrected chi connectivity index (χ0v) is 13.3. The number of carbonyl (C=O) groups excluding carboxylic acids is 1. The number of carboxylic acid groups (broad SMARTS) is 1. The fourth-order valence-corrected chi connectivity index (χ4v) is 3.05. The molecule has 1 aliphatic carbocycles. The summed E-state index contributed by atoms with van der Waals surface area (Å²) < 4.78 is 2.11. The van der Waals surface area contributed by atoms with Crippen molar-refractivity contribution in [2.45, 2.75) is 45.2 Å². The Hall–Kier alpha value is -2.30. The first kappa shape index (κ1) is 15.6.